The molecule has 0 N–H and O–H groups in total. The van der Waals surface area contributed by atoms with Crippen molar-refractivity contribution in [2.75, 3.05) is 0 Å². The second-order valence-electron chi connectivity index (χ2n) is 11.1. The van der Waals surface area contributed by atoms with Crippen molar-refractivity contribution in [1.29, 1.82) is 15.8 Å². The summed E-state index contributed by atoms with van der Waals surface area (Å²) in [7, 11) is 0. The molecule has 0 aliphatic heterocycles. The molecular formula is C33H59N3S2. The summed E-state index contributed by atoms with van der Waals surface area (Å²) in [5.74, 6) is 0. The number of nitrogens with zero attached hydrogens (tertiary/aromatic N) is 3. The molecule has 0 saturated heterocycles. The van der Waals surface area contributed by atoms with E-state index in [1.54, 1.807) is 0 Å². The van der Waals surface area contributed by atoms with Gasteiger partial charge in [-0.2, -0.15) is 40.2 Å². The first-order chi connectivity index (χ1) is 18.7. The Hall–Kier alpha value is -0.830. The molecule has 0 spiro atoms. The van der Waals surface area contributed by atoms with Gasteiger partial charge in [0.05, 0.1) is 18.2 Å². The molecule has 0 aromatic rings. The van der Waals surface area contributed by atoms with E-state index in [1.807, 2.05) is 0 Å². The van der Waals surface area contributed by atoms with Crippen LogP contribution >= 0.6 is 24.4 Å². The Kier molecular flexibility index (Phi) is 30.0. The predicted octanol–water partition coefficient (Wildman–Crippen LogP) is 11.5. The monoisotopic (exact) mass is 561 g/mol. The van der Waals surface area contributed by atoms with E-state index in [1.165, 1.54) is 116 Å². The van der Waals surface area contributed by atoms with E-state index in [2.05, 4.69) is 36.9 Å². The van der Waals surface area contributed by atoms with Crippen molar-refractivity contribution < 1.29 is 0 Å². The average molecular weight is 562 g/mol. The summed E-state index contributed by atoms with van der Waals surface area (Å²) in [4.78, 5) is 0. The van der Waals surface area contributed by atoms with Gasteiger partial charge in [0.1, 0.15) is 0 Å². The standard InChI is InChI=1S/C33H59N3S2/c1-2-3-13-24-32(26-17-11-20-29-35)38-33(27-18-12-21-30-36)25-16-9-7-5-4-6-8-14-22-31(37)23-15-10-19-28-34/h31-33,37H,2-27H2,1H3. The highest BCUT2D eigenvalue weighted by Gasteiger charge is 2.17. The lowest BCUT2D eigenvalue weighted by Gasteiger charge is -2.24. The Morgan fingerprint density at radius 2 is 0.789 bits per heavy atom. The van der Waals surface area contributed by atoms with Crippen molar-refractivity contribution in [2.24, 2.45) is 0 Å². The number of nitriles is 3. The quantitative estimate of drug-likeness (QED) is 0.0728. The average Bonchev–Trinajstić information content (AvgIpc) is 2.92. The van der Waals surface area contributed by atoms with E-state index in [4.69, 9.17) is 28.4 Å². The zero-order valence-corrected chi connectivity index (χ0v) is 26.5. The molecule has 0 bridgehead atoms. The molecule has 3 nitrogen and oxygen atoms in total. The fraction of sp³-hybridized carbons (Fsp3) is 0.909. The van der Waals surface area contributed by atoms with Crippen LogP contribution in [-0.2, 0) is 0 Å². The topological polar surface area (TPSA) is 71.4 Å². The Balaban J connectivity index is 4.16. The van der Waals surface area contributed by atoms with Gasteiger partial charge in [0.25, 0.3) is 0 Å². The van der Waals surface area contributed by atoms with Crippen LogP contribution in [0.2, 0.25) is 0 Å². The lowest BCUT2D eigenvalue weighted by Crippen LogP contribution is -2.12. The molecule has 218 valence electrons. The molecule has 0 aromatic carbocycles. The zero-order valence-electron chi connectivity index (χ0n) is 24.8. The molecule has 0 rings (SSSR count). The fourth-order valence-electron chi connectivity index (χ4n) is 5.15. The molecule has 0 saturated carbocycles. The number of thioether (sulfide) groups is 1. The Morgan fingerprint density at radius 1 is 0.474 bits per heavy atom. The number of thiol groups is 1. The van der Waals surface area contributed by atoms with Gasteiger partial charge in [-0.05, 0) is 57.8 Å². The highest BCUT2D eigenvalue weighted by atomic mass is 32.2. The molecule has 0 aliphatic rings. The molecule has 38 heavy (non-hydrogen) atoms. The lowest BCUT2D eigenvalue weighted by molar-refractivity contribution is 0.529. The Bertz CT molecular complexity index is 619. The molecular weight excluding hydrogens is 503 g/mol. The van der Waals surface area contributed by atoms with Crippen LogP contribution in [0, 0.1) is 34.0 Å². The van der Waals surface area contributed by atoms with Gasteiger partial charge >= 0.3 is 0 Å². The molecule has 3 unspecified atom stereocenters. The molecule has 0 heterocycles. The first kappa shape index (κ1) is 37.2. The number of unbranched alkanes of at least 4 members (excludes halogenated alkanes) is 15. The molecule has 0 radical (unpaired) electrons. The summed E-state index contributed by atoms with van der Waals surface area (Å²) in [5.41, 5.74) is 0. The van der Waals surface area contributed by atoms with E-state index in [-0.39, 0.29) is 0 Å². The maximum atomic E-state index is 8.91. The fourth-order valence-corrected chi connectivity index (χ4v) is 7.27. The van der Waals surface area contributed by atoms with E-state index >= 15 is 0 Å². The predicted molar refractivity (Wildman–Crippen MR) is 170 cm³/mol. The van der Waals surface area contributed by atoms with Crippen LogP contribution in [0.15, 0.2) is 0 Å². The summed E-state index contributed by atoms with van der Waals surface area (Å²) in [6, 6.07) is 6.84. The molecule has 5 heteroatoms. The van der Waals surface area contributed by atoms with E-state index in [0.717, 1.165) is 42.6 Å². The SMILES string of the molecule is CCCCCC(CCCCC#N)SC(CCCCC#N)CCCCCCCCCCC(S)CCCCC#N. The molecule has 0 fully saturated rings. The van der Waals surface area contributed by atoms with E-state index in [9.17, 15) is 0 Å². The minimum Gasteiger partial charge on any atom is -0.198 e. The van der Waals surface area contributed by atoms with Gasteiger partial charge in [0.15, 0.2) is 0 Å². The van der Waals surface area contributed by atoms with Crippen molar-refractivity contribution in [3.63, 3.8) is 0 Å². The Labute approximate surface area is 247 Å². The minimum atomic E-state index is 0.517. The van der Waals surface area contributed by atoms with Gasteiger partial charge in [0, 0.05) is 35.0 Å². The number of hydrogen-bond acceptors (Lipinski definition) is 5. The van der Waals surface area contributed by atoms with Crippen LogP contribution in [0.5, 0.6) is 0 Å². The summed E-state index contributed by atoms with van der Waals surface area (Å²) in [6.07, 6.45) is 31.1. The summed E-state index contributed by atoms with van der Waals surface area (Å²) >= 11 is 6.98. The van der Waals surface area contributed by atoms with Crippen LogP contribution in [0.3, 0.4) is 0 Å². The molecule has 0 aliphatic carbocycles. The van der Waals surface area contributed by atoms with Gasteiger partial charge < -0.3 is 0 Å². The zero-order chi connectivity index (χ0) is 27.9. The van der Waals surface area contributed by atoms with Crippen molar-refractivity contribution >= 4 is 24.4 Å². The van der Waals surface area contributed by atoms with Gasteiger partial charge in [-0.15, -0.1) is 0 Å². The summed E-state index contributed by atoms with van der Waals surface area (Å²) in [5, 5.41) is 28.4. The maximum Gasteiger partial charge on any atom is 0.0621 e. The van der Waals surface area contributed by atoms with Crippen LogP contribution < -0.4 is 0 Å². The third-order valence-corrected chi connectivity index (χ3v) is 9.76. The lowest BCUT2D eigenvalue weighted by atomic mass is 10.0. The van der Waals surface area contributed by atoms with E-state index < -0.39 is 0 Å². The van der Waals surface area contributed by atoms with Crippen LogP contribution in [-0.4, -0.2) is 15.7 Å². The second kappa shape index (κ2) is 30.7. The second-order valence-corrected chi connectivity index (χ2v) is 13.5. The normalized spacial score (nSPS) is 13.3. The van der Waals surface area contributed by atoms with Gasteiger partial charge in [-0.25, -0.2) is 0 Å². The maximum absolute atomic E-state index is 8.91. The number of rotatable bonds is 29. The van der Waals surface area contributed by atoms with Crippen molar-refractivity contribution in [3.8, 4) is 18.2 Å². The first-order valence-corrected chi connectivity index (χ1v) is 17.6. The minimum absolute atomic E-state index is 0.517. The van der Waals surface area contributed by atoms with E-state index in [0.29, 0.717) is 24.5 Å². The number of hydrogen-bond donors (Lipinski definition) is 1. The van der Waals surface area contributed by atoms with Crippen LogP contribution in [0.1, 0.15) is 174 Å². The molecule has 0 amide bonds. The third-order valence-electron chi connectivity index (χ3n) is 7.53. The summed E-state index contributed by atoms with van der Waals surface area (Å²) < 4.78 is 0. The van der Waals surface area contributed by atoms with Crippen molar-refractivity contribution in [3.05, 3.63) is 0 Å². The highest BCUT2D eigenvalue weighted by molar-refractivity contribution is 8.00. The first-order valence-electron chi connectivity index (χ1n) is 16.1. The highest BCUT2D eigenvalue weighted by Crippen LogP contribution is 2.33. The van der Waals surface area contributed by atoms with Crippen molar-refractivity contribution in [2.45, 2.75) is 190 Å². The van der Waals surface area contributed by atoms with Gasteiger partial charge in [-0.3, -0.25) is 0 Å². The largest absolute Gasteiger partial charge is 0.198 e. The third kappa shape index (κ3) is 26.8. The van der Waals surface area contributed by atoms with Crippen LogP contribution in [0.25, 0.3) is 0 Å². The Morgan fingerprint density at radius 3 is 1.18 bits per heavy atom. The van der Waals surface area contributed by atoms with Gasteiger partial charge in [0.2, 0.25) is 0 Å². The summed E-state index contributed by atoms with van der Waals surface area (Å²) in [6.45, 7) is 2.28. The molecule has 3 atom stereocenters. The van der Waals surface area contributed by atoms with Crippen LogP contribution in [0.4, 0.5) is 0 Å². The molecule has 0 aromatic heterocycles. The smallest absolute Gasteiger partial charge is 0.0621 e. The van der Waals surface area contributed by atoms with Crippen molar-refractivity contribution in [1.82, 2.24) is 0 Å². The van der Waals surface area contributed by atoms with Gasteiger partial charge in [-0.1, -0.05) is 96.8 Å².